The van der Waals surface area contributed by atoms with Crippen LogP contribution in [0.2, 0.25) is 0 Å². The van der Waals surface area contributed by atoms with Crippen molar-refractivity contribution in [2.75, 3.05) is 13.1 Å². The van der Waals surface area contributed by atoms with E-state index in [1.54, 1.807) is 4.90 Å². The Hall–Kier alpha value is -3.61. The lowest BCUT2D eigenvalue weighted by molar-refractivity contribution is -0.127. The van der Waals surface area contributed by atoms with Gasteiger partial charge in [0.15, 0.2) is 0 Å². The molecule has 7 heteroatoms. The van der Waals surface area contributed by atoms with Crippen molar-refractivity contribution in [3.63, 3.8) is 0 Å². The summed E-state index contributed by atoms with van der Waals surface area (Å²) < 4.78 is 1.83. The SMILES string of the molecule is Cc1ccc(CNC(=O)N2CCNC(=O)[C@H]2c2c(C)nn(-c3ccccc3)c2C)cc1. The summed E-state index contributed by atoms with van der Waals surface area (Å²) in [6, 6.07) is 16.8. The molecule has 0 radical (unpaired) electrons. The summed E-state index contributed by atoms with van der Waals surface area (Å²) in [5.74, 6) is -0.185. The number of aryl methyl sites for hydroxylation is 2. The van der Waals surface area contributed by atoms with Gasteiger partial charge in [-0.25, -0.2) is 9.48 Å². The van der Waals surface area contributed by atoms with E-state index in [0.717, 1.165) is 28.2 Å². The molecule has 0 unspecified atom stereocenters. The number of piperazine rings is 1. The fourth-order valence-electron chi connectivity index (χ4n) is 4.03. The third kappa shape index (κ3) is 4.17. The van der Waals surface area contributed by atoms with Crippen LogP contribution in [0.5, 0.6) is 0 Å². The first kappa shape index (κ1) is 20.7. The normalized spacial score (nSPS) is 16.2. The number of para-hydroxylation sites is 1. The number of carbonyl (C=O) groups is 2. The van der Waals surface area contributed by atoms with Crippen LogP contribution in [0.1, 0.15) is 34.1 Å². The van der Waals surface area contributed by atoms with Gasteiger partial charge in [0.1, 0.15) is 6.04 Å². The Balaban J connectivity index is 1.61. The van der Waals surface area contributed by atoms with Crippen LogP contribution in [-0.4, -0.2) is 39.7 Å². The van der Waals surface area contributed by atoms with Gasteiger partial charge in [-0.3, -0.25) is 4.79 Å². The van der Waals surface area contributed by atoms with E-state index >= 15 is 0 Å². The second-order valence-corrected chi connectivity index (χ2v) is 7.86. The zero-order chi connectivity index (χ0) is 22.0. The van der Waals surface area contributed by atoms with Crippen LogP contribution in [0.3, 0.4) is 0 Å². The molecule has 31 heavy (non-hydrogen) atoms. The molecule has 3 aromatic rings. The summed E-state index contributed by atoms with van der Waals surface area (Å²) in [7, 11) is 0. The first-order chi connectivity index (χ1) is 15.0. The van der Waals surface area contributed by atoms with Crippen molar-refractivity contribution >= 4 is 11.9 Å². The highest BCUT2D eigenvalue weighted by molar-refractivity contribution is 5.89. The molecule has 7 nitrogen and oxygen atoms in total. The van der Waals surface area contributed by atoms with Crippen molar-refractivity contribution < 1.29 is 9.59 Å². The van der Waals surface area contributed by atoms with Crippen molar-refractivity contribution in [3.05, 3.63) is 82.7 Å². The van der Waals surface area contributed by atoms with E-state index in [0.29, 0.717) is 19.6 Å². The molecule has 160 valence electrons. The van der Waals surface area contributed by atoms with Crippen molar-refractivity contribution in [1.29, 1.82) is 0 Å². The Morgan fingerprint density at radius 2 is 1.81 bits per heavy atom. The third-order valence-electron chi connectivity index (χ3n) is 5.66. The van der Waals surface area contributed by atoms with Crippen LogP contribution in [0.4, 0.5) is 4.79 Å². The van der Waals surface area contributed by atoms with Crippen LogP contribution in [-0.2, 0) is 11.3 Å². The molecule has 2 aromatic carbocycles. The first-order valence-corrected chi connectivity index (χ1v) is 10.4. The lowest BCUT2D eigenvalue weighted by Crippen LogP contribution is -2.55. The average Bonchev–Trinajstić information content (AvgIpc) is 3.07. The predicted molar refractivity (Wildman–Crippen MR) is 119 cm³/mol. The lowest BCUT2D eigenvalue weighted by Gasteiger charge is -2.35. The quantitative estimate of drug-likeness (QED) is 0.684. The molecule has 1 saturated heterocycles. The van der Waals surface area contributed by atoms with E-state index < -0.39 is 6.04 Å². The van der Waals surface area contributed by atoms with Crippen LogP contribution < -0.4 is 10.6 Å². The number of aromatic nitrogens is 2. The number of rotatable bonds is 4. The van der Waals surface area contributed by atoms with E-state index in [4.69, 9.17) is 0 Å². The molecule has 0 bridgehead atoms. The molecule has 1 aliphatic rings. The Labute approximate surface area is 182 Å². The largest absolute Gasteiger partial charge is 0.352 e. The van der Waals surface area contributed by atoms with Crippen molar-refractivity contribution in [2.24, 2.45) is 0 Å². The first-order valence-electron chi connectivity index (χ1n) is 10.4. The minimum Gasteiger partial charge on any atom is -0.352 e. The van der Waals surface area contributed by atoms with Crippen LogP contribution in [0.25, 0.3) is 5.69 Å². The number of nitrogens with zero attached hydrogens (tertiary/aromatic N) is 3. The van der Waals surface area contributed by atoms with E-state index in [9.17, 15) is 9.59 Å². The summed E-state index contributed by atoms with van der Waals surface area (Å²) in [6.45, 7) is 7.12. The minimum atomic E-state index is -0.718. The van der Waals surface area contributed by atoms with Crippen LogP contribution in [0, 0.1) is 20.8 Å². The van der Waals surface area contributed by atoms with Gasteiger partial charge in [-0.1, -0.05) is 48.0 Å². The number of urea groups is 1. The Morgan fingerprint density at radius 3 is 2.52 bits per heavy atom. The van der Waals surface area contributed by atoms with E-state index in [1.165, 1.54) is 5.56 Å². The van der Waals surface area contributed by atoms with Crippen molar-refractivity contribution in [1.82, 2.24) is 25.3 Å². The summed E-state index contributed by atoms with van der Waals surface area (Å²) in [6.07, 6.45) is 0. The Bertz CT molecular complexity index is 1090. The summed E-state index contributed by atoms with van der Waals surface area (Å²) in [5, 5.41) is 10.5. The van der Waals surface area contributed by atoms with Gasteiger partial charge in [0, 0.05) is 30.9 Å². The number of benzene rings is 2. The molecular formula is C24H27N5O2. The highest BCUT2D eigenvalue weighted by Crippen LogP contribution is 2.30. The Kier molecular flexibility index (Phi) is 5.75. The molecular weight excluding hydrogens is 390 g/mol. The summed E-state index contributed by atoms with van der Waals surface area (Å²) in [4.78, 5) is 27.6. The maximum atomic E-state index is 13.1. The standard InChI is InChI=1S/C24H27N5O2/c1-16-9-11-19(12-10-16)15-26-24(31)28-14-13-25-23(30)22(28)21-17(2)27-29(18(21)3)20-7-5-4-6-8-20/h4-12,22H,13-15H2,1-3H3,(H,25,30)(H,26,31)/t22-/m1/s1. The molecule has 1 aliphatic heterocycles. The van der Waals surface area contributed by atoms with E-state index in [-0.39, 0.29) is 11.9 Å². The van der Waals surface area contributed by atoms with Crippen molar-refractivity contribution in [2.45, 2.75) is 33.4 Å². The summed E-state index contributed by atoms with van der Waals surface area (Å²) in [5.41, 5.74) is 5.46. The van der Waals surface area contributed by atoms with Gasteiger partial charge in [0.25, 0.3) is 0 Å². The zero-order valence-electron chi connectivity index (χ0n) is 18.1. The molecule has 1 atom stereocenters. The summed E-state index contributed by atoms with van der Waals surface area (Å²) >= 11 is 0. The zero-order valence-corrected chi connectivity index (χ0v) is 18.1. The topological polar surface area (TPSA) is 79.3 Å². The van der Waals surface area contributed by atoms with E-state index in [1.807, 2.05) is 80.1 Å². The molecule has 2 N–H and O–H groups in total. The van der Waals surface area contributed by atoms with Gasteiger partial charge < -0.3 is 15.5 Å². The minimum absolute atomic E-state index is 0.185. The monoisotopic (exact) mass is 417 g/mol. The third-order valence-corrected chi connectivity index (χ3v) is 5.66. The number of carbonyl (C=O) groups excluding carboxylic acids is 2. The van der Waals surface area contributed by atoms with Crippen LogP contribution in [0.15, 0.2) is 54.6 Å². The highest BCUT2D eigenvalue weighted by atomic mass is 16.2. The van der Waals surface area contributed by atoms with Gasteiger partial charge >= 0.3 is 6.03 Å². The number of amides is 3. The van der Waals surface area contributed by atoms with Gasteiger partial charge in [-0.15, -0.1) is 0 Å². The lowest BCUT2D eigenvalue weighted by atomic mass is 10.0. The number of nitrogens with one attached hydrogen (secondary N) is 2. The average molecular weight is 418 g/mol. The molecule has 3 amide bonds. The second kappa shape index (κ2) is 8.63. The molecule has 1 aromatic heterocycles. The van der Waals surface area contributed by atoms with Gasteiger partial charge in [-0.2, -0.15) is 5.10 Å². The molecule has 0 spiro atoms. The van der Waals surface area contributed by atoms with Gasteiger partial charge in [0.2, 0.25) is 5.91 Å². The predicted octanol–water partition coefficient (Wildman–Crippen LogP) is 3.18. The molecule has 1 fully saturated rings. The van der Waals surface area contributed by atoms with Crippen LogP contribution >= 0.6 is 0 Å². The maximum Gasteiger partial charge on any atom is 0.318 e. The smallest absolute Gasteiger partial charge is 0.318 e. The van der Waals surface area contributed by atoms with E-state index in [2.05, 4.69) is 15.7 Å². The number of hydrogen-bond donors (Lipinski definition) is 2. The number of hydrogen-bond acceptors (Lipinski definition) is 3. The second-order valence-electron chi connectivity index (χ2n) is 7.86. The molecule has 2 heterocycles. The van der Waals surface area contributed by atoms with Gasteiger partial charge in [-0.05, 0) is 38.5 Å². The fraction of sp³-hybridized carbons (Fsp3) is 0.292. The maximum absolute atomic E-state index is 13.1. The fourth-order valence-corrected chi connectivity index (χ4v) is 4.03. The van der Waals surface area contributed by atoms with Gasteiger partial charge in [0.05, 0.1) is 11.4 Å². The highest BCUT2D eigenvalue weighted by Gasteiger charge is 2.38. The van der Waals surface area contributed by atoms with Crippen molar-refractivity contribution in [3.8, 4) is 5.69 Å². The molecule has 0 aliphatic carbocycles. The molecule has 0 saturated carbocycles. The molecule has 4 rings (SSSR count). The Morgan fingerprint density at radius 1 is 1.10 bits per heavy atom.